The third kappa shape index (κ3) is 3.44. The summed E-state index contributed by atoms with van der Waals surface area (Å²) in [6.45, 7) is 10.5. The molecule has 0 fully saturated rings. The Morgan fingerprint density at radius 2 is 2.07 bits per heavy atom. The number of hydrogen-bond acceptors (Lipinski definition) is 5. The van der Waals surface area contributed by atoms with Gasteiger partial charge < -0.3 is 4.57 Å². The first-order chi connectivity index (χ1) is 13.5. The Labute approximate surface area is 174 Å². The number of rotatable bonds is 6. The van der Waals surface area contributed by atoms with E-state index >= 15 is 0 Å². The highest BCUT2D eigenvalue weighted by Gasteiger charge is 2.22. The van der Waals surface area contributed by atoms with Gasteiger partial charge in [-0.25, -0.2) is 9.97 Å². The lowest BCUT2D eigenvalue weighted by Gasteiger charge is -2.11. The molecule has 0 atom stereocenters. The summed E-state index contributed by atoms with van der Waals surface area (Å²) in [4.78, 5) is 24.9. The van der Waals surface area contributed by atoms with E-state index in [4.69, 9.17) is 4.98 Å². The first kappa shape index (κ1) is 19.4. The highest BCUT2D eigenvalue weighted by atomic mass is 32.2. The minimum Gasteiger partial charge on any atom is -0.345 e. The number of allylic oxidation sites excluding steroid dienone is 1. The molecule has 1 aliphatic carbocycles. The third-order valence-corrected chi connectivity index (χ3v) is 7.58. The van der Waals surface area contributed by atoms with Crippen LogP contribution in [0.15, 0.2) is 23.7 Å². The molecule has 1 aliphatic rings. The molecule has 0 spiro atoms. The lowest BCUT2D eigenvalue weighted by molar-refractivity contribution is 0.102. The lowest BCUT2D eigenvalue weighted by Crippen LogP contribution is -2.07. The van der Waals surface area contributed by atoms with Crippen molar-refractivity contribution in [2.24, 2.45) is 0 Å². The van der Waals surface area contributed by atoms with E-state index in [2.05, 4.69) is 16.1 Å². The van der Waals surface area contributed by atoms with Crippen LogP contribution in [0.3, 0.4) is 0 Å². The summed E-state index contributed by atoms with van der Waals surface area (Å²) in [7, 11) is 0. The van der Waals surface area contributed by atoms with Gasteiger partial charge in [0.1, 0.15) is 15.7 Å². The van der Waals surface area contributed by atoms with Gasteiger partial charge in [0, 0.05) is 33.8 Å². The smallest absolute Gasteiger partial charge is 0.174 e. The normalized spacial score (nSPS) is 13.7. The second-order valence-electron chi connectivity index (χ2n) is 7.36. The number of ketones is 1. The molecule has 146 valence electrons. The molecule has 3 aromatic heterocycles. The van der Waals surface area contributed by atoms with Gasteiger partial charge in [-0.2, -0.15) is 0 Å². The molecule has 0 unspecified atom stereocenters. The van der Waals surface area contributed by atoms with Crippen LogP contribution in [-0.2, 0) is 19.4 Å². The number of thioether (sulfide) groups is 1. The lowest BCUT2D eigenvalue weighted by atomic mass is 9.97. The Balaban J connectivity index is 1.62. The van der Waals surface area contributed by atoms with Gasteiger partial charge in [0.25, 0.3) is 0 Å². The van der Waals surface area contributed by atoms with E-state index in [1.165, 1.54) is 28.7 Å². The molecule has 28 heavy (non-hydrogen) atoms. The first-order valence-electron chi connectivity index (χ1n) is 9.72. The average Bonchev–Trinajstić information content (AvgIpc) is 3.18. The van der Waals surface area contributed by atoms with E-state index in [9.17, 15) is 4.79 Å². The summed E-state index contributed by atoms with van der Waals surface area (Å²) in [5.41, 5.74) is 4.34. The maximum atomic E-state index is 13.0. The molecule has 6 heteroatoms. The number of thiophene rings is 1. The van der Waals surface area contributed by atoms with Gasteiger partial charge in [-0.05, 0) is 58.1 Å². The summed E-state index contributed by atoms with van der Waals surface area (Å²) in [5, 5.41) is 2.16. The minimum absolute atomic E-state index is 0.155. The summed E-state index contributed by atoms with van der Waals surface area (Å²) in [6.07, 6.45) is 6.60. The van der Waals surface area contributed by atoms with Gasteiger partial charge in [-0.1, -0.05) is 17.8 Å². The van der Waals surface area contributed by atoms with Crippen LogP contribution in [0, 0.1) is 20.8 Å². The maximum absolute atomic E-state index is 13.0. The fraction of sp³-hybridized carbons (Fsp3) is 0.409. The summed E-state index contributed by atoms with van der Waals surface area (Å²) >= 11 is 3.37. The van der Waals surface area contributed by atoms with E-state index in [-0.39, 0.29) is 5.78 Å². The molecule has 0 amide bonds. The predicted molar refractivity (Wildman–Crippen MR) is 118 cm³/mol. The molecule has 0 aromatic carbocycles. The Hall–Kier alpha value is -1.92. The van der Waals surface area contributed by atoms with E-state index in [0.29, 0.717) is 5.75 Å². The number of carbonyl (C=O) groups is 1. The molecule has 4 rings (SSSR count). The Morgan fingerprint density at radius 3 is 2.86 bits per heavy atom. The molecule has 4 nitrogen and oxygen atoms in total. The number of aryl methyl sites for hydroxylation is 4. The van der Waals surface area contributed by atoms with Gasteiger partial charge >= 0.3 is 0 Å². The molecule has 0 saturated heterocycles. The van der Waals surface area contributed by atoms with Crippen LogP contribution in [0.5, 0.6) is 0 Å². The van der Waals surface area contributed by atoms with Gasteiger partial charge in [0.05, 0.1) is 5.75 Å². The van der Waals surface area contributed by atoms with Crippen LogP contribution in [0.25, 0.3) is 10.2 Å². The van der Waals surface area contributed by atoms with E-state index in [1.807, 2.05) is 44.3 Å². The minimum atomic E-state index is 0.155. The van der Waals surface area contributed by atoms with Gasteiger partial charge in [0.2, 0.25) is 0 Å². The van der Waals surface area contributed by atoms with Gasteiger partial charge in [0.15, 0.2) is 5.78 Å². The van der Waals surface area contributed by atoms with E-state index in [0.717, 1.165) is 52.0 Å². The summed E-state index contributed by atoms with van der Waals surface area (Å²) in [5.74, 6) is 1.33. The van der Waals surface area contributed by atoms with Crippen LogP contribution in [-0.4, -0.2) is 26.1 Å². The van der Waals surface area contributed by atoms with E-state index in [1.54, 1.807) is 11.8 Å². The molecular weight excluding hydrogens is 386 g/mol. The van der Waals surface area contributed by atoms with Gasteiger partial charge in [-0.15, -0.1) is 17.9 Å². The molecule has 0 saturated carbocycles. The Kier molecular flexibility index (Phi) is 5.43. The molecule has 0 aliphatic heterocycles. The first-order valence-corrected chi connectivity index (χ1v) is 11.5. The van der Waals surface area contributed by atoms with Crippen molar-refractivity contribution in [3.8, 4) is 0 Å². The average molecular weight is 412 g/mol. The standard InChI is InChI=1S/C22H25N3OS2/c1-5-10-25-13(2)11-17(14(25)3)18(26)12-27-21-20-16-8-6-7-9-19(16)28-22(20)24-15(4)23-21/h5,11H,1,6-10,12H2,2-4H3. The van der Waals surface area contributed by atoms with Crippen LogP contribution in [0.4, 0.5) is 0 Å². The van der Waals surface area contributed by atoms with Crippen molar-refractivity contribution in [1.29, 1.82) is 0 Å². The van der Waals surface area contributed by atoms with Crippen molar-refractivity contribution in [3.05, 3.63) is 51.9 Å². The number of hydrogen-bond donors (Lipinski definition) is 0. The fourth-order valence-electron chi connectivity index (χ4n) is 4.04. The fourth-order valence-corrected chi connectivity index (χ4v) is 6.39. The molecule has 0 bridgehead atoms. The van der Waals surface area contributed by atoms with Crippen molar-refractivity contribution < 1.29 is 4.79 Å². The van der Waals surface area contributed by atoms with Crippen molar-refractivity contribution in [3.63, 3.8) is 0 Å². The molecule has 3 aromatic rings. The van der Waals surface area contributed by atoms with Crippen LogP contribution < -0.4 is 0 Å². The van der Waals surface area contributed by atoms with Crippen molar-refractivity contribution in [2.45, 2.75) is 58.0 Å². The van der Waals surface area contributed by atoms with Crippen molar-refractivity contribution in [1.82, 2.24) is 14.5 Å². The third-order valence-electron chi connectivity index (χ3n) is 5.42. The quantitative estimate of drug-likeness (QED) is 0.234. The Morgan fingerprint density at radius 1 is 1.29 bits per heavy atom. The number of aromatic nitrogens is 3. The van der Waals surface area contributed by atoms with Crippen LogP contribution in [0.2, 0.25) is 0 Å². The van der Waals surface area contributed by atoms with Crippen molar-refractivity contribution >= 4 is 39.1 Å². The van der Waals surface area contributed by atoms with Crippen LogP contribution >= 0.6 is 23.1 Å². The topological polar surface area (TPSA) is 47.8 Å². The molecular formula is C22H25N3OS2. The molecule has 0 radical (unpaired) electrons. The number of fused-ring (bicyclic) bond motifs is 3. The maximum Gasteiger partial charge on any atom is 0.174 e. The zero-order valence-electron chi connectivity index (χ0n) is 16.7. The largest absolute Gasteiger partial charge is 0.345 e. The van der Waals surface area contributed by atoms with Gasteiger partial charge in [-0.3, -0.25) is 4.79 Å². The zero-order chi connectivity index (χ0) is 19.8. The monoisotopic (exact) mass is 411 g/mol. The number of nitrogens with zero attached hydrogens (tertiary/aromatic N) is 3. The second-order valence-corrected chi connectivity index (χ2v) is 9.41. The number of carbonyl (C=O) groups excluding carboxylic acids is 1. The Bertz CT molecular complexity index is 1080. The molecule has 0 N–H and O–H groups in total. The number of Topliss-reactive ketones (excluding diaryl/α,β-unsaturated/α-hetero) is 1. The highest BCUT2D eigenvalue weighted by molar-refractivity contribution is 8.00. The predicted octanol–water partition coefficient (Wildman–Crippen LogP) is 5.46. The van der Waals surface area contributed by atoms with Crippen LogP contribution in [0.1, 0.15) is 50.9 Å². The zero-order valence-corrected chi connectivity index (χ0v) is 18.3. The summed E-state index contributed by atoms with van der Waals surface area (Å²) in [6, 6.07) is 2.00. The van der Waals surface area contributed by atoms with E-state index < -0.39 is 0 Å². The SMILES string of the molecule is C=CCn1c(C)cc(C(=O)CSc2nc(C)nc3sc4c(c23)CCCC4)c1C. The highest BCUT2D eigenvalue weighted by Crippen LogP contribution is 2.39. The van der Waals surface area contributed by atoms with Crippen molar-refractivity contribution in [2.75, 3.05) is 5.75 Å². The summed E-state index contributed by atoms with van der Waals surface area (Å²) < 4.78 is 2.13. The second kappa shape index (κ2) is 7.84. The molecule has 3 heterocycles.